The number of amides is 1. The van der Waals surface area contributed by atoms with Crippen molar-refractivity contribution in [3.8, 4) is 0 Å². The Morgan fingerprint density at radius 2 is 2.05 bits per heavy atom. The molecule has 1 amide bonds. The zero-order chi connectivity index (χ0) is 13.8. The number of halogens is 2. The summed E-state index contributed by atoms with van der Waals surface area (Å²) in [7, 11) is 0. The highest BCUT2D eigenvalue weighted by Gasteiger charge is 2.11. The van der Waals surface area contributed by atoms with E-state index in [0.717, 1.165) is 15.8 Å². The molecule has 2 nitrogen and oxygen atoms in total. The minimum atomic E-state index is -0.155. The highest BCUT2D eigenvalue weighted by Crippen LogP contribution is 2.21. The Kier molecular flexibility index (Phi) is 5.02. The second kappa shape index (κ2) is 6.55. The Labute approximate surface area is 129 Å². The molecule has 0 saturated heterocycles. The van der Waals surface area contributed by atoms with Gasteiger partial charge in [-0.25, -0.2) is 0 Å². The van der Waals surface area contributed by atoms with Crippen molar-refractivity contribution in [2.75, 3.05) is 0 Å². The Morgan fingerprint density at radius 3 is 2.74 bits per heavy atom. The maximum atomic E-state index is 12.1. The second-order valence-corrected chi connectivity index (χ2v) is 6.60. The first kappa shape index (κ1) is 14.6. The van der Waals surface area contributed by atoms with Gasteiger partial charge in [0.25, 0.3) is 5.91 Å². The summed E-state index contributed by atoms with van der Waals surface area (Å²) < 4.78 is 0.839. The number of hydrogen-bond donors (Lipinski definition) is 1. The third-order valence-corrected chi connectivity index (χ3v) is 4.71. The van der Waals surface area contributed by atoms with Crippen molar-refractivity contribution < 1.29 is 4.79 Å². The largest absolute Gasteiger partial charge is 0.347 e. The maximum absolute atomic E-state index is 12.1. The van der Waals surface area contributed by atoms with Gasteiger partial charge in [-0.1, -0.05) is 34.5 Å². The number of rotatable bonds is 4. The molecule has 0 radical (unpaired) electrons. The fourth-order valence-electron chi connectivity index (χ4n) is 1.64. The van der Waals surface area contributed by atoms with Crippen molar-refractivity contribution in [1.82, 2.24) is 5.32 Å². The van der Waals surface area contributed by atoms with E-state index in [9.17, 15) is 4.79 Å². The fraction of sp³-hybridized carbons (Fsp3) is 0.214. The summed E-state index contributed by atoms with van der Waals surface area (Å²) >= 11 is 11.1. The molecule has 0 unspecified atom stereocenters. The zero-order valence-electron chi connectivity index (χ0n) is 10.4. The molecule has 0 saturated carbocycles. The van der Waals surface area contributed by atoms with Gasteiger partial charge in [-0.2, -0.15) is 0 Å². The van der Waals surface area contributed by atoms with Gasteiger partial charge in [0.2, 0.25) is 0 Å². The fourth-order valence-corrected chi connectivity index (χ4v) is 3.10. The Bertz CT molecular complexity index is 597. The lowest BCUT2D eigenvalue weighted by atomic mass is 10.2. The molecule has 2 aromatic rings. The van der Waals surface area contributed by atoms with Crippen LogP contribution in [0.15, 0.2) is 34.8 Å². The van der Waals surface area contributed by atoms with E-state index in [-0.39, 0.29) is 5.91 Å². The van der Waals surface area contributed by atoms with Crippen LogP contribution >= 0.6 is 38.9 Å². The van der Waals surface area contributed by atoms with Gasteiger partial charge in [0, 0.05) is 14.2 Å². The van der Waals surface area contributed by atoms with Crippen molar-refractivity contribution in [1.29, 1.82) is 0 Å². The van der Waals surface area contributed by atoms with Crippen LogP contribution < -0.4 is 5.32 Å². The van der Waals surface area contributed by atoms with Crippen LogP contribution in [0.2, 0.25) is 5.02 Å². The SMILES string of the molecule is CCc1ccc(CNC(=O)c2cc(Br)ccc2Cl)s1. The first-order chi connectivity index (χ1) is 9.10. The number of benzene rings is 1. The third kappa shape index (κ3) is 3.81. The number of nitrogens with one attached hydrogen (secondary N) is 1. The van der Waals surface area contributed by atoms with Crippen LogP contribution in [-0.4, -0.2) is 5.91 Å². The number of carbonyl (C=O) groups is 1. The van der Waals surface area contributed by atoms with Crippen LogP contribution in [0.4, 0.5) is 0 Å². The number of thiophene rings is 1. The highest BCUT2D eigenvalue weighted by atomic mass is 79.9. The first-order valence-electron chi connectivity index (χ1n) is 5.91. The molecule has 0 aliphatic heterocycles. The minimum Gasteiger partial charge on any atom is -0.347 e. The molecule has 0 spiro atoms. The monoisotopic (exact) mass is 357 g/mol. The average Bonchev–Trinajstić information content (AvgIpc) is 2.87. The topological polar surface area (TPSA) is 29.1 Å². The van der Waals surface area contributed by atoms with E-state index >= 15 is 0 Å². The van der Waals surface area contributed by atoms with Gasteiger partial charge in [-0.15, -0.1) is 11.3 Å². The number of hydrogen-bond acceptors (Lipinski definition) is 2. The van der Waals surface area contributed by atoms with Crippen LogP contribution in [0.25, 0.3) is 0 Å². The second-order valence-electron chi connectivity index (χ2n) is 4.03. The molecular formula is C14H13BrClNOS. The van der Waals surface area contributed by atoms with Gasteiger partial charge in [0.1, 0.15) is 0 Å². The zero-order valence-corrected chi connectivity index (χ0v) is 13.5. The summed E-state index contributed by atoms with van der Waals surface area (Å²) in [5, 5.41) is 3.35. The molecule has 2 rings (SSSR count). The number of carbonyl (C=O) groups excluding carboxylic acids is 1. The standard InChI is InChI=1S/C14H13BrClNOS/c1-2-10-4-5-11(19-10)8-17-14(18)12-7-9(15)3-6-13(12)16/h3-7H,2,8H2,1H3,(H,17,18). The summed E-state index contributed by atoms with van der Waals surface area (Å²) in [6, 6.07) is 9.39. The average molecular weight is 359 g/mol. The Balaban J connectivity index is 2.03. The van der Waals surface area contributed by atoms with Crippen LogP contribution in [0, 0.1) is 0 Å². The number of aryl methyl sites for hydroxylation is 1. The van der Waals surface area contributed by atoms with Gasteiger partial charge in [0.15, 0.2) is 0 Å². The highest BCUT2D eigenvalue weighted by molar-refractivity contribution is 9.10. The first-order valence-corrected chi connectivity index (χ1v) is 7.89. The Morgan fingerprint density at radius 1 is 1.32 bits per heavy atom. The summed E-state index contributed by atoms with van der Waals surface area (Å²) in [6.45, 7) is 2.65. The van der Waals surface area contributed by atoms with Gasteiger partial charge in [0.05, 0.1) is 17.1 Å². The van der Waals surface area contributed by atoms with Crippen LogP contribution in [-0.2, 0) is 13.0 Å². The lowest BCUT2D eigenvalue weighted by Crippen LogP contribution is -2.22. The predicted molar refractivity (Wildman–Crippen MR) is 84.0 cm³/mol. The van der Waals surface area contributed by atoms with E-state index < -0.39 is 0 Å². The molecule has 0 atom stereocenters. The summed E-state index contributed by atoms with van der Waals surface area (Å²) in [4.78, 5) is 14.5. The molecular weight excluding hydrogens is 346 g/mol. The molecule has 0 fully saturated rings. The van der Waals surface area contributed by atoms with Gasteiger partial charge < -0.3 is 5.32 Å². The van der Waals surface area contributed by atoms with Gasteiger partial charge >= 0.3 is 0 Å². The molecule has 0 bridgehead atoms. The lowest BCUT2D eigenvalue weighted by Gasteiger charge is -2.06. The molecule has 19 heavy (non-hydrogen) atoms. The van der Waals surface area contributed by atoms with E-state index in [1.54, 1.807) is 23.5 Å². The Hall–Kier alpha value is -0.840. The third-order valence-electron chi connectivity index (χ3n) is 2.66. The van der Waals surface area contributed by atoms with Crippen molar-refractivity contribution in [3.63, 3.8) is 0 Å². The minimum absolute atomic E-state index is 0.155. The molecule has 0 aliphatic carbocycles. The van der Waals surface area contributed by atoms with E-state index in [2.05, 4.69) is 34.2 Å². The maximum Gasteiger partial charge on any atom is 0.253 e. The van der Waals surface area contributed by atoms with E-state index in [1.165, 1.54) is 4.88 Å². The van der Waals surface area contributed by atoms with Crippen molar-refractivity contribution >= 4 is 44.8 Å². The molecule has 0 aliphatic rings. The van der Waals surface area contributed by atoms with Crippen molar-refractivity contribution in [3.05, 3.63) is 55.1 Å². The summed E-state index contributed by atoms with van der Waals surface area (Å²) in [5.74, 6) is -0.155. The van der Waals surface area contributed by atoms with E-state index in [4.69, 9.17) is 11.6 Å². The van der Waals surface area contributed by atoms with Gasteiger partial charge in [-0.05, 0) is 36.8 Å². The quantitative estimate of drug-likeness (QED) is 0.846. The predicted octanol–water partition coefficient (Wildman–Crippen LogP) is 4.66. The van der Waals surface area contributed by atoms with Crippen LogP contribution in [0.3, 0.4) is 0 Å². The molecule has 1 heterocycles. The van der Waals surface area contributed by atoms with Crippen molar-refractivity contribution in [2.24, 2.45) is 0 Å². The molecule has 1 N–H and O–H groups in total. The molecule has 1 aromatic heterocycles. The lowest BCUT2D eigenvalue weighted by molar-refractivity contribution is 0.0951. The smallest absolute Gasteiger partial charge is 0.253 e. The normalized spacial score (nSPS) is 10.5. The van der Waals surface area contributed by atoms with Crippen LogP contribution in [0.5, 0.6) is 0 Å². The van der Waals surface area contributed by atoms with E-state index in [1.807, 2.05) is 12.1 Å². The summed E-state index contributed by atoms with van der Waals surface area (Å²) in [5.41, 5.74) is 0.489. The van der Waals surface area contributed by atoms with Crippen molar-refractivity contribution in [2.45, 2.75) is 19.9 Å². The van der Waals surface area contributed by atoms with Gasteiger partial charge in [-0.3, -0.25) is 4.79 Å². The molecule has 5 heteroatoms. The molecule has 100 valence electrons. The summed E-state index contributed by atoms with van der Waals surface area (Å²) in [6.07, 6.45) is 1.02. The van der Waals surface area contributed by atoms with Crippen LogP contribution in [0.1, 0.15) is 27.0 Å². The molecule has 1 aromatic carbocycles. The van der Waals surface area contributed by atoms with E-state index in [0.29, 0.717) is 17.1 Å².